The molecule has 0 aromatic rings. The number of hydrogen-bond acceptors (Lipinski definition) is 1. The molecule has 13 heavy (non-hydrogen) atoms. The molecule has 0 aliphatic heterocycles. The molecule has 0 bridgehead atoms. The van der Waals surface area contributed by atoms with Crippen LogP contribution in [0.1, 0.15) is 26.7 Å². The molecular weight excluding hydrogens is 233 g/mol. The number of unbranched alkanes of at least 4 members (excludes halogenated alkanes) is 1. The van der Waals surface area contributed by atoms with E-state index < -0.39 is 5.83 Å². The Kier molecular flexibility index (Phi) is 6.59. The highest BCUT2D eigenvalue weighted by Crippen LogP contribution is 2.17. The number of rotatable bonds is 4. The third kappa shape index (κ3) is 4.88. The van der Waals surface area contributed by atoms with Crippen molar-refractivity contribution in [1.29, 1.82) is 0 Å². The molecule has 0 radical (unpaired) electrons. The lowest BCUT2D eigenvalue weighted by molar-refractivity contribution is 0.646. The summed E-state index contributed by atoms with van der Waals surface area (Å²) in [6, 6.07) is 0. The van der Waals surface area contributed by atoms with Crippen LogP contribution >= 0.6 is 15.9 Å². The molecule has 2 N–H and O–H groups in total. The Bertz CT molecular complexity index is 241. The van der Waals surface area contributed by atoms with Crippen molar-refractivity contribution >= 4 is 15.9 Å². The quantitative estimate of drug-likeness (QED) is 0.753. The summed E-state index contributed by atoms with van der Waals surface area (Å²) in [4.78, 5) is 0. The van der Waals surface area contributed by atoms with Crippen molar-refractivity contribution in [1.82, 2.24) is 0 Å². The van der Waals surface area contributed by atoms with E-state index in [0.717, 1.165) is 12.8 Å². The number of nitrogens with two attached hydrogens (primary N) is 1. The van der Waals surface area contributed by atoms with Crippen LogP contribution in [0.15, 0.2) is 34.2 Å². The van der Waals surface area contributed by atoms with Crippen molar-refractivity contribution in [3.8, 4) is 0 Å². The zero-order valence-corrected chi connectivity index (χ0v) is 9.57. The normalized spacial score (nSPS) is 14.9. The summed E-state index contributed by atoms with van der Waals surface area (Å²) in [7, 11) is 0. The lowest BCUT2D eigenvalue weighted by atomic mass is 10.3. The lowest BCUT2D eigenvalue weighted by Crippen LogP contribution is -1.98. The summed E-state index contributed by atoms with van der Waals surface area (Å²) >= 11 is 3.20. The highest BCUT2D eigenvalue weighted by molar-refractivity contribution is 9.11. The summed E-state index contributed by atoms with van der Waals surface area (Å²) < 4.78 is 13.5. The summed E-state index contributed by atoms with van der Waals surface area (Å²) in [5.74, 6) is -0.395. The van der Waals surface area contributed by atoms with Gasteiger partial charge in [-0.1, -0.05) is 19.4 Å². The minimum absolute atomic E-state index is 0.148. The van der Waals surface area contributed by atoms with E-state index in [1.54, 1.807) is 13.0 Å². The second kappa shape index (κ2) is 6.89. The summed E-state index contributed by atoms with van der Waals surface area (Å²) in [6.45, 7) is 3.69. The molecule has 1 nitrogen and oxygen atoms in total. The fraction of sp³-hybridized carbons (Fsp3) is 0.400. The molecule has 3 heteroatoms. The van der Waals surface area contributed by atoms with Gasteiger partial charge in [0.1, 0.15) is 5.83 Å². The third-order valence-corrected chi connectivity index (χ3v) is 2.18. The van der Waals surface area contributed by atoms with Gasteiger partial charge in [-0.2, -0.15) is 0 Å². The van der Waals surface area contributed by atoms with Gasteiger partial charge in [-0.3, -0.25) is 0 Å². The summed E-state index contributed by atoms with van der Waals surface area (Å²) in [6.07, 6.45) is 7.12. The number of halogens is 2. The smallest absolute Gasteiger partial charge is 0.142 e. The molecule has 0 aromatic heterocycles. The van der Waals surface area contributed by atoms with Crippen LogP contribution in [0.3, 0.4) is 0 Å². The molecule has 0 atom stereocenters. The van der Waals surface area contributed by atoms with E-state index in [4.69, 9.17) is 5.73 Å². The largest absolute Gasteiger partial charge is 0.395 e. The molecule has 0 spiro atoms. The summed E-state index contributed by atoms with van der Waals surface area (Å²) in [5, 5.41) is 0. The van der Waals surface area contributed by atoms with E-state index in [0.29, 0.717) is 4.48 Å². The number of hydrogen-bond donors (Lipinski definition) is 1. The molecule has 0 fully saturated rings. The second-order valence-electron chi connectivity index (χ2n) is 2.59. The van der Waals surface area contributed by atoms with Crippen LogP contribution < -0.4 is 5.73 Å². The average molecular weight is 248 g/mol. The Labute approximate surface area is 87.3 Å². The molecule has 0 unspecified atom stereocenters. The third-order valence-electron chi connectivity index (χ3n) is 1.49. The van der Waals surface area contributed by atoms with Crippen molar-refractivity contribution in [3.63, 3.8) is 0 Å². The zero-order valence-electron chi connectivity index (χ0n) is 7.98. The van der Waals surface area contributed by atoms with Gasteiger partial charge in [0.15, 0.2) is 0 Å². The molecule has 0 aromatic carbocycles. The van der Waals surface area contributed by atoms with E-state index in [-0.39, 0.29) is 5.70 Å². The van der Waals surface area contributed by atoms with E-state index in [1.807, 2.05) is 6.08 Å². The zero-order chi connectivity index (χ0) is 10.3. The van der Waals surface area contributed by atoms with Gasteiger partial charge in [0.05, 0.1) is 5.70 Å². The fourth-order valence-electron chi connectivity index (χ4n) is 0.713. The Balaban J connectivity index is 4.44. The topological polar surface area (TPSA) is 26.0 Å². The minimum Gasteiger partial charge on any atom is -0.395 e. The first-order valence-electron chi connectivity index (χ1n) is 4.27. The Morgan fingerprint density at radius 2 is 2.15 bits per heavy atom. The first-order chi connectivity index (χ1) is 6.13. The summed E-state index contributed by atoms with van der Waals surface area (Å²) in [5.41, 5.74) is 5.64. The maximum absolute atomic E-state index is 12.9. The molecule has 0 saturated heterocycles. The van der Waals surface area contributed by atoms with E-state index in [9.17, 15) is 4.39 Å². The maximum Gasteiger partial charge on any atom is 0.142 e. The highest BCUT2D eigenvalue weighted by Gasteiger charge is 2.00. The first kappa shape index (κ1) is 12.4. The molecule has 0 aliphatic carbocycles. The van der Waals surface area contributed by atoms with Crippen molar-refractivity contribution in [3.05, 3.63) is 34.2 Å². The van der Waals surface area contributed by atoms with Crippen molar-refractivity contribution < 1.29 is 4.39 Å². The lowest BCUT2D eigenvalue weighted by Gasteiger charge is -1.98. The van der Waals surface area contributed by atoms with Crippen LogP contribution in [0, 0.1) is 0 Å². The van der Waals surface area contributed by atoms with Crippen LogP contribution in [0.4, 0.5) is 4.39 Å². The SMILES string of the molecule is C\C=C(F)/C(N)=C(Br)\C=C\CCC. The molecule has 0 rings (SSSR count). The second-order valence-corrected chi connectivity index (χ2v) is 3.44. The van der Waals surface area contributed by atoms with Gasteiger partial charge in [-0.25, -0.2) is 4.39 Å². The minimum atomic E-state index is -0.395. The van der Waals surface area contributed by atoms with Gasteiger partial charge in [0, 0.05) is 4.48 Å². The van der Waals surface area contributed by atoms with E-state index in [2.05, 4.69) is 22.9 Å². The maximum atomic E-state index is 12.9. The van der Waals surface area contributed by atoms with Crippen molar-refractivity contribution in [2.24, 2.45) is 5.73 Å². The van der Waals surface area contributed by atoms with Gasteiger partial charge < -0.3 is 5.73 Å². The van der Waals surface area contributed by atoms with Crippen molar-refractivity contribution in [2.75, 3.05) is 0 Å². The molecular formula is C10H15BrFN. The Morgan fingerprint density at radius 1 is 1.54 bits per heavy atom. The van der Waals surface area contributed by atoms with Crippen LogP contribution in [0.25, 0.3) is 0 Å². The van der Waals surface area contributed by atoms with E-state index >= 15 is 0 Å². The standard InChI is InChI=1S/C10H15BrFN/c1-3-5-6-7-8(11)10(13)9(12)4-2/h4,6-7H,3,5,13H2,1-2H3/b7-6+,9-4+,10-8-. The molecule has 0 aliphatic rings. The fourth-order valence-corrected chi connectivity index (χ4v) is 1.09. The average Bonchev–Trinajstić information content (AvgIpc) is 2.15. The molecule has 74 valence electrons. The monoisotopic (exact) mass is 247 g/mol. The van der Waals surface area contributed by atoms with E-state index in [1.165, 1.54) is 6.08 Å². The number of allylic oxidation sites excluding steroid dienone is 5. The predicted molar refractivity (Wildman–Crippen MR) is 59.1 cm³/mol. The molecule has 0 amide bonds. The predicted octanol–water partition coefficient (Wildman–Crippen LogP) is 3.78. The molecule has 0 saturated carbocycles. The molecule has 0 heterocycles. The van der Waals surface area contributed by atoms with Crippen LogP contribution in [0.2, 0.25) is 0 Å². The Morgan fingerprint density at radius 3 is 2.62 bits per heavy atom. The van der Waals surface area contributed by atoms with Gasteiger partial charge in [-0.15, -0.1) is 0 Å². The van der Waals surface area contributed by atoms with Gasteiger partial charge >= 0.3 is 0 Å². The van der Waals surface area contributed by atoms with Crippen molar-refractivity contribution in [2.45, 2.75) is 26.7 Å². The highest BCUT2D eigenvalue weighted by atomic mass is 79.9. The first-order valence-corrected chi connectivity index (χ1v) is 5.06. The van der Waals surface area contributed by atoms with Gasteiger partial charge in [0.25, 0.3) is 0 Å². The Hall–Kier alpha value is -0.570. The van der Waals surface area contributed by atoms with Gasteiger partial charge in [-0.05, 0) is 41.4 Å². The van der Waals surface area contributed by atoms with Crippen LogP contribution in [-0.2, 0) is 0 Å². The van der Waals surface area contributed by atoms with Gasteiger partial charge in [0.2, 0.25) is 0 Å². The van der Waals surface area contributed by atoms with Crippen LogP contribution in [0.5, 0.6) is 0 Å². The van der Waals surface area contributed by atoms with Crippen LogP contribution in [-0.4, -0.2) is 0 Å².